The summed E-state index contributed by atoms with van der Waals surface area (Å²) in [5.74, 6) is 0.195. The molecule has 3 rings (SSSR count). The molecule has 1 N–H and O–H groups in total. The Kier molecular flexibility index (Phi) is 6.54. The van der Waals surface area contributed by atoms with Gasteiger partial charge >= 0.3 is 0 Å². The lowest BCUT2D eigenvalue weighted by Gasteiger charge is -2.27. The number of aromatic hydroxyl groups is 1. The molecule has 0 saturated heterocycles. The van der Waals surface area contributed by atoms with Gasteiger partial charge in [-0.25, -0.2) is 0 Å². The third-order valence-electron chi connectivity index (χ3n) is 4.03. The Labute approximate surface area is 176 Å². The predicted octanol–water partition coefficient (Wildman–Crippen LogP) is 5.20. The van der Waals surface area contributed by atoms with E-state index in [1.165, 1.54) is 11.0 Å². The molecule has 0 fully saturated rings. The highest BCUT2D eigenvalue weighted by Gasteiger charge is 2.26. The number of halogens is 2. The number of para-hydroxylation sites is 2. The summed E-state index contributed by atoms with van der Waals surface area (Å²) in [4.78, 5) is 19.0. The van der Waals surface area contributed by atoms with Gasteiger partial charge in [0.05, 0.1) is 22.4 Å². The Morgan fingerprint density at radius 2 is 1.96 bits per heavy atom. The number of pyridine rings is 1. The molecular formula is C21H18BrClN2O3. The third kappa shape index (κ3) is 4.82. The van der Waals surface area contributed by atoms with Crippen LogP contribution in [0.5, 0.6) is 11.5 Å². The maximum atomic E-state index is 13.2. The van der Waals surface area contributed by atoms with Crippen LogP contribution in [0.3, 0.4) is 0 Å². The number of carbonyl (C=O) groups is 1. The minimum atomic E-state index is -0.805. The number of hydrogen-bond donors (Lipinski definition) is 1. The van der Waals surface area contributed by atoms with Crippen LogP contribution < -0.4 is 9.64 Å². The summed E-state index contributed by atoms with van der Waals surface area (Å²) in [7, 11) is 0. The average molecular weight is 462 g/mol. The van der Waals surface area contributed by atoms with Crippen molar-refractivity contribution in [2.75, 3.05) is 4.90 Å². The van der Waals surface area contributed by atoms with Crippen LogP contribution in [-0.4, -0.2) is 22.1 Å². The van der Waals surface area contributed by atoms with Crippen LogP contribution in [-0.2, 0) is 11.3 Å². The van der Waals surface area contributed by atoms with Gasteiger partial charge in [0.25, 0.3) is 5.91 Å². The lowest BCUT2D eigenvalue weighted by molar-refractivity contribution is -0.124. The summed E-state index contributed by atoms with van der Waals surface area (Å²) in [6.07, 6.45) is 0.855. The second kappa shape index (κ2) is 9.08. The van der Waals surface area contributed by atoms with Crippen molar-refractivity contribution in [3.05, 3.63) is 82.0 Å². The lowest BCUT2D eigenvalue weighted by atomic mass is 10.2. The van der Waals surface area contributed by atoms with Crippen molar-refractivity contribution in [1.29, 1.82) is 0 Å². The molecule has 1 unspecified atom stereocenters. The molecule has 1 atom stereocenters. The number of amides is 1. The summed E-state index contributed by atoms with van der Waals surface area (Å²) in [5.41, 5.74) is 1.09. The van der Waals surface area contributed by atoms with E-state index in [9.17, 15) is 9.90 Å². The predicted molar refractivity (Wildman–Crippen MR) is 113 cm³/mol. The molecule has 0 aliphatic heterocycles. The standard InChI is InChI=1S/C21H18BrClN2O3/c1-14(28-20-10-9-15(23)12-17(20)22)21(27)25(13-16-6-4-5-11-24-16)18-7-2-3-8-19(18)26/h2-12,14,26H,13H2,1H3. The first-order valence-electron chi connectivity index (χ1n) is 8.56. The zero-order valence-corrected chi connectivity index (χ0v) is 17.4. The SMILES string of the molecule is CC(Oc1ccc(Cl)cc1Br)C(=O)N(Cc1ccccn1)c1ccccc1O. The topological polar surface area (TPSA) is 62.7 Å². The number of anilines is 1. The van der Waals surface area contributed by atoms with Gasteiger partial charge in [-0.3, -0.25) is 14.7 Å². The Morgan fingerprint density at radius 3 is 2.64 bits per heavy atom. The normalized spacial score (nSPS) is 11.7. The largest absolute Gasteiger partial charge is 0.506 e. The van der Waals surface area contributed by atoms with E-state index in [1.54, 1.807) is 55.6 Å². The number of ether oxygens (including phenoxy) is 1. The van der Waals surface area contributed by atoms with Crippen LogP contribution in [0, 0.1) is 0 Å². The third-order valence-corrected chi connectivity index (χ3v) is 4.89. The van der Waals surface area contributed by atoms with E-state index < -0.39 is 6.10 Å². The van der Waals surface area contributed by atoms with E-state index in [2.05, 4.69) is 20.9 Å². The maximum absolute atomic E-state index is 13.2. The van der Waals surface area contributed by atoms with Crippen LogP contribution >= 0.6 is 27.5 Å². The molecule has 1 heterocycles. The molecular weight excluding hydrogens is 444 g/mol. The fourth-order valence-electron chi connectivity index (χ4n) is 2.66. The number of phenolic OH excluding ortho intramolecular Hbond substituents is 1. The van der Waals surface area contributed by atoms with Crippen molar-refractivity contribution in [2.24, 2.45) is 0 Å². The van der Waals surface area contributed by atoms with Crippen molar-refractivity contribution >= 4 is 39.1 Å². The molecule has 0 aliphatic rings. The molecule has 28 heavy (non-hydrogen) atoms. The van der Waals surface area contributed by atoms with E-state index in [1.807, 2.05) is 12.1 Å². The molecule has 144 valence electrons. The zero-order chi connectivity index (χ0) is 20.1. The fourth-order valence-corrected chi connectivity index (χ4v) is 3.44. The van der Waals surface area contributed by atoms with Crippen molar-refractivity contribution < 1.29 is 14.6 Å². The molecule has 3 aromatic rings. The smallest absolute Gasteiger partial charge is 0.268 e. The monoisotopic (exact) mass is 460 g/mol. The van der Waals surface area contributed by atoms with Gasteiger partial charge in [-0.05, 0) is 65.3 Å². The highest BCUT2D eigenvalue weighted by molar-refractivity contribution is 9.10. The van der Waals surface area contributed by atoms with Gasteiger partial charge in [-0.1, -0.05) is 29.8 Å². The van der Waals surface area contributed by atoms with Gasteiger partial charge in [0.15, 0.2) is 6.10 Å². The molecule has 0 saturated carbocycles. The number of rotatable bonds is 6. The Morgan fingerprint density at radius 1 is 1.21 bits per heavy atom. The molecule has 0 aliphatic carbocycles. The van der Waals surface area contributed by atoms with Crippen LogP contribution in [0.25, 0.3) is 0 Å². The number of benzene rings is 2. The molecule has 5 nitrogen and oxygen atoms in total. The highest BCUT2D eigenvalue weighted by atomic mass is 79.9. The van der Waals surface area contributed by atoms with E-state index >= 15 is 0 Å². The highest BCUT2D eigenvalue weighted by Crippen LogP contribution is 2.31. The van der Waals surface area contributed by atoms with Crippen molar-refractivity contribution in [2.45, 2.75) is 19.6 Å². The van der Waals surface area contributed by atoms with Crippen LogP contribution in [0.2, 0.25) is 5.02 Å². The van der Waals surface area contributed by atoms with Crippen molar-refractivity contribution in [3.8, 4) is 11.5 Å². The van der Waals surface area contributed by atoms with Crippen LogP contribution in [0.1, 0.15) is 12.6 Å². The van der Waals surface area contributed by atoms with E-state index in [0.29, 0.717) is 26.6 Å². The molecule has 1 amide bonds. The second-order valence-electron chi connectivity index (χ2n) is 6.07. The average Bonchev–Trinajstić information content (AvgIpc) is 2.69. The number of hydrogen-bond acceptors (Lipinski definition) is 4. The van der Waals surface area contributed by atoms with E-state index in [-0.39, 0.29) is 18.2 Å². The van der Waals surface area contributed by atoms with Crippen molar-refractivity contribution in [1.82, 2.24) is 4.98 Å². The molecule has 0 spiro atoms. The summed E-state index contributed by atoms with van der Waals surface area (Å²) in [6, 6.07) is 17.2. The first-order valence-corrected chi connectivity index (χ1v) is 9.74. The molecule has 0 radical (unpaired) electrons. The minimum Gasteiger partial charge on any atom is -0.506 e. The summed E-state index contributed by atoms with van der Waals surface area (Å²) >= 11 is 9.35. The number of nitrogens with zero attached hydrogens (tertiary/aromatic N) is 2. The number of aromatic nitrogens is 1. The van der Waals surface area contributed by atoms with E-state index in [0.717, 1.165) is 0 Å². The van der Waals surface area contributed by atoms with Gasteiger partial charge in [0, 0.05) is 11.2 Å². The summed E-state index contributed by atoms with van der Waals surface area (Å²) in [6.45, 7) is 1.86. The van der Waals surface area contributed by atoms with Gasteiger partial charge in [-0.15, -0.1) is 0 Å². The lowest BCUT2D eigenvalue weighted by Crippen LogP contribution is -2.40. The first-order chi connectivity index (χ1) is 13.5. The Balaban J connectivity index is 1.88. The molecule has 0 bridgehead atoms. The summed E-state index contributed by atoms with van der Waals surface area (Å²) < 4.78 is 6.49. The second-order valence-corrected chi connectivity index (χ2v) is 7.36. The zero-order valence-electron chi connectivity index (χ0n) is 15.0. The molecule has 1 aromatic heterocycles. The first kappa shape index (κ1) is 20.2. The molecule has 7 heteroatoms. The van der Waals surface area contributed by atoms with Crippen molar-refractivity contribution in [3.63, 3.8) is 0 Å². The Hall–Kier alpha value is -2.57. The van der Waals surface area contributed by atoms with Gasteiger partial charge in [0.1, 0.15) is 11.5 Å². The van der Waals surface area contributed by atoms with Crippen LogP contribution in [0.4, 0.5) is 5.69 Å². The Bertz CT molecular complexity index is 969. The van der Waals surface area contributed by atoms with Gasteiger partial charge in [-0.2, -0.15) is 0 Å². The summed E-state index contributed by atoms with van der Waals surface area (Å²) in [5, 5.41) is 10.8. The van der Waals surface area contributed by atoms with Gasteiger partial charge in [0.2, 0.25) is 0 Å². The minimum absolute atomic E-state index is 0.00616. The maximum Gasteiger partial charge on any atom is 0.268 e. The fraction of sp³-hybridized carbons (Fsp3) is 0.143. The quantitative estimate of drug-likeness (QED) is 0.548. The van der Waals surface area contributed by atoms with E-state index in [4.69, 9.17) is 16.3 Å². The number of phenols is 1. The molecule has 2 aromatic carbocycles. The number of carbonyl (C=O) groups excluding carboxylic acids is 1. The van der Waals surface area contributed by atoms with Crippen LogP contribution in [0.15, 0.2) is 71.3 Å². The van der Waals surface area contributed by atoms with Gasteiger partial charge < -0.3 is 9.84 Å².